The fourth-order valence-corrected chi connectivity index (χ4v) is 1.62. The van der Waals surface area contributed by atoms with Crippen molar-refractivity contribution >= 4 is 17.3 Å². The van der Waals surface area contributed by atoms with Crippen LogP contribution in [-0.4, -0.2) is 23.8 Å². The molecule has 6 nitrogen and oxygen atoms in total. The Labute approximate surface area is 98.1 Å². The third kappa shape index (κ3) is 1.93. The van der Waals surface area contributed by atoms with Gasteiger partial charge >= 0.3 is 5.97 Å². The van der Waals surface area contributed by atoms with Gasteiger partial charge in [-0.05, 0) is 19.1 Å². The normalized spacial score (nSPS) is 19.7. The van der Waals surface area contributed by atoms with Gasteiger partial charge in [0.25, 0.3) is 0 Å². The van der Waals surface area contributed by atoms with Crippen molar-refractivity contribution in [2.24, 2.45) is 5.92 Å². The van der Waals surface area contributed by atoms with E-state index < -0.39 is 18.0 Å². The number of benzene rings is 1. The molecule has 1 heterocycles. The maximum Gasteiger partial charge on any atom is 0.310 e. The zero-order valence-corrected chi connectivity index (χ0v) is 9.34. The first-order valence-corrected chi connectivity index (χ1v) is 5.21. The van der Waals surface area contributed by atoms with Crippen LogP contribution in [-0.2, 0) is 4.79 Å². The molecule has 0 radical (unpaired) electrons. The maximum atomic E-state index is 10.9. The predicted molar refractivity (Wildman–Crippen MR) is 62.0 cm³/mol. The molecular weight excluding hydrogens is 224 g/mol. The summed E-state index contributed by atoms with van der Waals surface area (Å²) in [5, 5.41) is 8.91. The van der Waals surface area contributed by atoms with Crippen molar-refractivity contribution in [3.63, 3.8) is 0 Å². The number of nitrogen functional groups attached to an aromatic ring is 2. The number of hydrogen-bond acceptors (Lipinski definition) is 5. The van der Waals surface area contributed by atoms with Crippen molar-refractivity contribution in [3.8, 4) is 11.5 Å². The van der Waals surface area contributed by atoms with Crippen molar-refractivity contribution in [2.45, 2.75) is 13.0 Å². The number of carboxylic acid groups (broad SMARTS) is 1. The van der Waals surface area contributed by atoms with Gasteiger partial charge in [-0.2, -0.15) is 0 Å². The second-order valence-corrected chi connectivity index (χ2v) is 4.00. The molecular formula is C11H14N2O4. The Hall–Kier alpha value is -2.11. The van der Waals surface area contributed by atoms with Gasteiger partial charge in [-0.25, -0.2) is 0 Å². The van der Waals surface area contributed by atoms with Crippen molar-refractivity contribution in [1.29, 1.82) is 0 Å². The number of carbonyl (C=O) groups is 1. The fraction of sp³-hybridized carbons (Fsp3) is 0.364. The lowest BCUT2D eigenvalue weighted by Gasteiger charge is -2.30. The van der Waals surface area contributed by atoms with Gasteiger partial charge < -0.3 is 26.0 Å². The summed E-state index contributed by atoms with van der Waals surface area (Å²) >= 11 is 0. The van der Waals surface area contributed by atoms with Crippen molar-refractivity contribution in [2.75, 3.05) is 18.1 Å². The van der Waals surface area contributed by atoms with E-state index in [0.717, 1.165) is 0 Å². The summed E-state index contributed by atoms with van der Waals surface area (Å²) in [7, 11) is 0. The highest BCUT2D eigenvalue weighted by molar-refractivity contribution is 5.73. The quantitative estimate of drug-likeness (QED) is 0.655. The molecule has 0 saturated carbocycles. The lowest BCUT2D eigenvalue weighted by molar-refractivity contribution is -0.145. The van der Waals surface area contributed by atoms with Crippen LogP contribution >= 0.6 is 0 Å². The van der Waals surface area contributed by atoms with E-state index in [1.807, 2.05) is 0 Å². The summed E-state index contributed by atoms with van der Waals surface area (Å²) < 4.78 is 11.0. The average molecular weight is 238 g/mol. The number of fused-ring (bicyclic) bond motifs is 1. The van der Waals surface area contributed by atoms with Crippen LogP contribution in [0.4, 0.5) is 11.4 Å². The first kappa shape index (κ1) is 11.4. The van der Waals surface area contributed by atoms with Gasteiger partial charge in [-0.1, -0.05) is 0 Å². The van der Waals surface area contributed by atoms with E-state index in [-0.39, 0.29) is 6.61 Å². The van der Waals surface area contributed by atoms with Crippen LogP contribution in [0.5, 0.6) is 11.5 Å². The predicted octanol–water partition coefficient (Wildman–Crippen LogP) is 0.711. The Kier molecular flexibility index (Phi) is 2.71. The number of rotatable bonds is 2. The first-order chi connectivity index (χ1) is 8.00. The summed E-state index contributed by atoms with van der Waals surface area (Å²) in [5.74, 6) is -0.901. The van der Waals surface area contributed by atoms with E-state index in [4.69, 9.17) is 26.0 Å². The molecule has 0 amide bonds. The molecule has 2 rings (SSSR count). The summed E-state index contributed by atoms with van der Waals surface area (Å²) in [4.78, 5) is 10.9. The molecule has 0 saturated heterocycles. The molecule has 92 valence electrons. The molecule has 0 bridgehead atoms. The van der Waals surface area contributed by atoms with Gasteiger partial charge in [0, 0.05) is 0 Å². The summed E-state index contributed by atoms with van der Waals surface area (Å²) in [6.07, 6.45) is -0.566. The molecule has 0 spiro atoms. The Bertz CT molecular complexity index is 461. The van der Waals surface area contributed by atoms with Crippen LogP contribution in [0.1, 0.15) is 6.92 Å². The number of ether oxygens (including phenoxy) is 2. The second-order valence-electron chi connectivity index (χ2n) is 4.00. The highest BCUT2D eigenvalue weighted by Gasteiger charge is 2.32. The third-order valence-corrected chi connectivity index (χ3v) is 2.78. The third-order valence-electron chi connectivity index (χ3n) is 2.78. The summed E-state index contributed by atoms with van der Waals surface area (Å²) in [6.45, 7) is 1.71. The number of nitrogens with two attached hydrogens (primary N) is 2. The second kappa shape index (κ2) is 4.04. The van der Waals surface area contributed by atoms with E-state index in [2.05, 4.69) is 0 Å². The van der Waals surface area contributed by atoms with Crippen molar-refractivity contribution in [3.05, 3.63) is 12.1 Å². The van der Waals surface area contributed by atoms with E-state index in [9.17, 15) is 4.79 Å². The van der Waals surface area contributed by atoms with Gasteiger partial charge in [-0.3, -0.25) is 4.79 Å². The van der Waals surface area contributed by atoms with E-state index in [1.165, 1.54) is 0 Å². The average Bonchev–Trinajstić information content (AvgIpc) is 2.32. The Morgan fingerprint density at radius 2 is 2.00 bits per heavy atom. The Morgan fingerprint density at radius 3 is 2.59 bits per heavy atom. The van der Waals surface area contributed by atoms with Crippen LogP contribution in [0.25, 0.3) is 0 Å². The van der Waals surface area contributed by atoms with E-state index in [1.54, 1.807) is 19.1 Å². The van der Waals surface area contributed by atoms with Gasteiger partial charge in [0.1, 0.15) is 12.7 Å². The van der Waals surface area contributed by atoms with Gasteiger partial charge in [0.05, 0.1) is 17.3 Å². The zero-order valence-electron chi connectivity index (χ0n) is 9.34. The molecule has 5 N–H and O–H groups in total. The maximum absolute atomic E-state index is 10.9. The topological polar surface area (TPSA) is 108 Å². The number of carboxylic acids is 1. The van der Waals surface area contributed by atoms with E-state index in [0.29, 0.717) is 22.9 Å². The van der Waals surface area contributed by atoms with Crippen molar-refractivity contribution < 1.29 is 19.4 Å². The van der Waals surface area contributed by atoms with E-state index >= 15 is 0 Å². The molecule has 0 aromatic heterocycles. The number of anilines is 2. The molecule has 1 aliphatic heterocycles. The SMILES string of the molecule is CC(C(=O)O)[C@H]1COc2c(N)ccc(N)c2O1. The molecule has 1 unspecified atom stereocenters. The van der Waals surface area contributed by atoms with Crippen LogP contribution in [0.2, 0.25) is 0 Å². The molecule has 0 aliphatic carbocycles. The molecule has 1 aromatic carbocycles. The van der Waals surface area contributed by atoms with Crippen LogP contribution in [0.3, 0.4) is 0 Å². The Balaban J connectivity index is 2.30. The molecule has 17 heavy (non-hydrogen) atoms. The van der Waals surface area contributed by atoms with Crippen LogP contribution < -0.4 is 20.9 Å². The van der Waals surface area contributed by atoms with Crippen LogP contribution in [0, 0.1) is 5.92 Å². The van der Waals surface area contributed by atoms with Crippen molar-refractivity contribution in [1.82, 2.24) is 0 Å². The Morgan fingerprint density at radius 1 is 1.41 bits per heavy atom. The lowest BCUT2D eigenvalue weighted by atomic mass is 10.0. The molecule has 1 aliphatic rings. The lowest BCUT2D eigenvalue weighted by Crippen LogP contribution is -2.38. The number of hydrogen-bond donors (Lipinski definition) is 3. The highest BCUT2D eigenvalue weighted by atomic mass is 16.6. The van der Waals surface area contributed by atoms with Gasteiger partial charge in [0.2, 0.25) is 0 Å². The molecule has 1 aromatic rings. The standard InChI is InChI=1S/C11H14N2O4/c1-5(11(14)15)8-4-16-9-6(12)2-3-7(13)10(9)17-8/h2-3,5,8H,4,12-13H2,1H3,(H,14,15)/t5?,8-/m1/s1. The highest BCUT2D eigenvalue weighted by Crippen LogP contribution is 2.42. The zero-order chi connectivity index (χ0) is 12.6. The summed E-state index contributed by atoms with van der Waals surface area (Å²) in [6, 6.07) is 3.23. The molecule has 6 heteroatoms. The minimum atomic E-state index is -0.940. The first-order valence-electron chi connectivity index (χ1n) is 5.21. The molecule has 0 fully saturated rings. The fourth-order valence-electron chi connectivity index (χ4n) is 1.62. The largest absolute Gasteiger partial charge is 0.484 e. The minimum absolute atomic E-state index is 0.147. The minimum Gasteiger partial charge on any atom is -0.484 e. The molecule has 2 atom stereocenters. The summed E-state index contributed by atoms with van der Waals surface area (Å²) in [5.41, 5.74) is 12.3. The van der Waals surface area contributed by atoms with Gasteiger partial charge in [0.15, 0.2) is 11.5 Å². The van der Waals surface area contributed by atoms with Crippen LogP contribution in [0.15, 0.2) is 12.1 Å². The smallest absolute Gasteiger partial charge is 0.310 e. The van der Waals surface area contributed by atoms with Gasteiger partial charge in [-0.15, -0.1) is 0 Å². The monoisotopic (exact) mass is 238 g/mol. The number of aliphatic carboxylic acids is 1.